The summed E-state index contributed by atoms with van der Waals surface area (Å²) in [7, 11) is 0. The molecule has 1 aliphatic heterocycles. The highest BCUT2D eigenvalue weighted by Crippen LogP contribution is 2.40. The number of nitrogens with zero attached hydrogens (tertiary/aromatic N) is 3. The number of rotatable bonds is 3. The second kappa shape index (κ2) is 5.87. The molecular weight excluding hydrogens is 291 g/mol. The minimum Gasteiger partial charge on any atom is -0.355 e. The van der Waals surface area contributed by atoms with Gasteiger partial charge in [0.2, 0.25) is 0 Å². The molecule has 2 aromatic rings. The van der Waals surface area contributed by atoms with Gasteiger partial charge in [-0.05, 0) is 38.3 Å². The first-order valence-electron chi connectivity index (χ1n) is 8.17. The number of hydrogen-bond donors (Lipinski definition) is 1. The Morgan fingerprint density at radius 1 is 1.22 bits per heavy atom. The second-order valence-corrected chi connectivity index (χ2v) is 6.41. The van der Waals surface area contributed by atoms with Gasteiger partial charge in [0.1, 0.15) is 11.9 Å². The lowest BCUT2D eigenvalue weighted by molar-refractivity contribution is 0.466. The van der Waals surface area contributed by atoms with Crippen molar-refractivity contribution in [1.82, 2.24) is 9.97 Å². The van der Waals surface area contributed by atoms with Gasteiger partial charge in [-0.3, -0.25) is 4.98 Å². The number of fused-ring (bicyclic) bond motifs is 1. The van der Waals surface area contributed by atoms with Gasteiger partial charge in [0.05, 0.1) is 17.8 Å². The fourth-order valence-electron chi connectivity index (χ4n) is 3.30. The molecule has 23 heavy (non-hydrogen) atoms. The van der Waals surface area contributed by atoms with Crippen molar-refractivity contribution in [1.29, 1.82) is 0 Å². The van der Waals surface area contributed by atoms with Crippen LogP contribution in [-0.2, 0) is 6.42 Å². The van der Waals surface area contributed by atoms with E-state index < -0.39 is 0 Å². The molecule has 3 unspecified atom stereocenters. The molecule has 0 aromatic carbocycles. The average molecular weight is 314 g/mol. The Balaban J connectivity index is 2.25. The monoisotopic (exact) mass is 314 g/mol. The third kappa shape index (κ3) is 2.48. The van der Waals surface area contributed by atoms with Crippen LogP contribution < -0.4 is 0 Å². The molecule has 0 saturated carbocycles. The summed E-state index contributed by atoms with van der Waals surface area (Å²) in [5.41, 5.74) is 4.73. The van der Waals surface area contributed by atoms with Crippen molar-refractivity contribution in [2.24, 2.45) is 16.1 Å². The van der Waals surface area contributed by atoms with Crippen LogP contribution in [0.1, 0.15) is 57.5 Å². The zero-order valence-electron chi connectivity index (χ0n) is 14.3. The van der Waals surface area contributed by atoms with E-state index >= 15 is 0 Å². The highest BCUT2D eigenvalue weighted by molar-refractivity contribution is 5.95. The maximum absolute atomic E-state index is 13.8. The van der Waals surface area contributed by atoms with Crippen molar-refractivity contribution in [3.05, 3.63) is 35.0 Å². The fourth-order valence-corrected chi connectivity index (χ4v) is 3.30. The summed E-state index contributed by atoms with van der Waals surface area (Å²) in [6.45, 7) is 9.68. The Kier molecular flexibility index (Phi) is 4.04. The average Bonchev–Trinajstić information content (AvgIpc) is 3.06. The lowest BCUT2D eigenvalue weighted by Gasteiger charge is -2.15. The first kappa shape index (κ1) is 15.8. The van der Waals surface area contributed by atoms with E-state index in [1.807, 2.05) is 6.20 Å². The van der Waals surface area contributed by atoms with Crippen LogP contribution in [0.2, 0.25) is 0 Å². The lowest BCUT2D eigenvalue weighted by atomic mass is 9.91. The number of aromatic amines is 1. The van der Waals surface area contributed by atoms with Crippen LogP contribution >= 0.6 is 0 Å². The lowest BCUT2D eigenvalue weighted by Crippen LogP contribution is -2.13. The van der Waals surface area contributed by atoms with Crippen LogP contribution in [-0.4, -0.2) is 16.0 Å². The minimum absolute atomic E-state index is 0.0379. The maximum atomic E-state index is 13.8. The minimum atomic E-state index is -0.174. The first-order valence-corrected chi connectivity index (χ1v) is 8.17. The third-order valence-corrected chi connectivity index (χ3v) is 5.04. The fraction of sp³-hybridized carbons (Fsp3) is 0.500. The van der Waals surface area contributed by atoms with E-state index in [0.29, 0.717) is 11.5 Å². The number of halogens is 1. The van der Waals surface area contributed by atoms with E-state index in [9.17, 15) is 4.39 Å². The molecule has 2 aromatic heterocycles. The van der Waals surface area contributed by atoms with Crippen LogP contribution in [0, 0.1) is 5.92 Å². The summed E-state index contributed by atoms with van der Waals surface area (Å²) in [6, 6.07) is 0.263. The van der Waals surface area contributed by atoms with Gasteiger partial charge >= 0.3 is 0 Å². The van der Waals surface area contributed by atoms with Gasteiger partial charge in [0.15, 0.2) is 0 Å². The van der Waals surface area contributed by atoms with E-state index in [1.165, 1.54) is 12.5 Å². The number of hydrogen-bond acceptors (Lipinski definition) is 3. The molecule has 3 rings (SSSR count). The van der Waals surface area contributed by atoms with Crippen molar-refractivity contribution in [2.75, 3.05) is 0 Å². The van der Waals surface area contributed by atoms with Gasteiger partial charge in [-0.1, -0.05) is 13.8 Å². The Bertz CT molecular complexity index is 799. The van der Waals surface area contributed by atoms with E-state index in [-0.39, 0.29) is 17.9 Å². The van der Waals surface area contributed by atoms with Crippen molar-refractivity contribution >= 4 is 16.5 Å². The topological polar surface area (TPSA) is 53.4 Å². The summed E-state index contributed by atoms with van der Waals surface area (Å²) in [5.74, 6) is 0.177. The zero-order valence-corrected chi connectivity index (χ0v) is 14.3. The van der Waals surface area contributed by atoms with Crippen molar-refractivity contribution < 1.29 is 4.39 Å². The highest BCUT2D eigenvalue weighted by Gasteiger charge is 2.33. The molecule has 1 N–H and O–H groups in total. The molecule has 0 amide bonds. The van der Waals surface area contributed by atoms with Crippen LogP contribution in [0.3, 0.4) is 0 Å². The molecule has 4 nitrogen and oxygen atoms in total. The molecule has 3 atom stereocenters. The quantitative estimate of drug-likeness (QED) is 0.812. The largest absolute Gasteiger partial charge is 0.355 e. The van der Waals surface area contributed by atoms with Gasteiger partial charge in [0, 0.05) is 28.8 Å². The number of H-pyrrole nitrogens is 1. The molecule has 0 radical (unpaired) electrons. The normalized spacial score (nSPS) is 25.2. The van der Waals surface area contributed by atoms with Crippen LogP contribution in [0.15, 0.2) is 28.4 Å². The number of pyridine rings is 1. The summed E-state index contributed by atoms with van der Waals surface area (Å²) < 4.78 is 13.8. The number of nitrogens with one attached hydrogen (secondary N) is 1. The Morgan fingerprint density at radius 2 is 1.96 bits per heavy atom. The molecule has 0 saturated heterocycles. The molecule has 122 valence electrons. The van der Waals surface area contributed by atoms with E-state index in [4.69, 9.17) is 0 Å². The zero-order chi connectivity index (χ0) is 16.7. The van der Waals surface area contributed by atoms with Crippen molar-refractivity contribution in [3.63, 3.8) is 0 Å². The van der Waals surface area contributed by atoms with Crippen LogP contribution in [0.5, 0.6) is 0 Å². The summed E-state index contributed by atoms with van der Waals surface area (Å²) in [5, 5.41) is 9.86. The molecule has 0 spiro atoms. The van der Waals surface area contributed by atoms with Gasteiger partial charge in [-0.25, -0.2) is 4.39 Å². The third-order valence-electron chi connectivity index (χ3n) is 5.04. The Hall–Kier alpha value is -2.04. The number of aromatic nitrogens is 2. The summed E-state index contributed by atoms with van der Waals surface area (Å²) in [6.07, 6.45) is 4.42. The molecule has 3 heterocycles. The molecule has 0 bridgehead atoms. The van der Waals surface area contributed by atoms with Crippen LogP contribution in [0.4, 0.5) is 4.39 Å². The maximum Gasteiger partial charge on any atom is 0.115 e. The van der Waals surface area contributed by atoms with Gasteiger partial charge < -0.3 is 4.98 Å². The van der Waals surface area contributed by atoms with Gasteiger partial charge in [-0.15, -0.1) is 0 Å². The Labute approximate surface area is 135 Å². The van der Waals surface area contributed by atoms with E-state index in [0.717, 1.165) is 28.6 Å². The number of aryl methyl sites for hydroxylation is 1. The summed E-state index contributed by atoms with van der Waals surface area (Å²) >= 11 is 0. The molecule has 0 fully saturated rings. The van der Waals surface area contributed by atoms with Crippen LogP contribution in [0.25, 0.3) is 16.5 Å². The first-order chi connectivity index (χ1) is 11.0. The standard InChI is InChI=1S/C18H23FN4/c1-6-13-16-14(9(2)11(4)19)7-20-8-15(16)21-18(13)17-10(3)12(5)22-23-17/h7-8,10,12,17,21H,6H2,1-5H3. The van der Waals surface area contributed by atoms with E-state index in [1.54, 1.807) is 13.1 Å². The molecular formula is C18H23FN4. The van der Waals surface area contributed by atoms with Gasteiger partial charge in [0.25, 0.3) is 0 Å². The van der Waals surface area contributed by atoms with Crippen molar-refractivity contribution in [2.45, 2.75) is 53.1 Å². The smallest absolute Gasteiger partial charge is 0.115 e. The van der Waals surface area contributed by atoms with Crippen molar-refractivity contribution in [3.8, 4) is 0 Å². The van der Waals surface area contributed by atoms with Gasteiger partial charge in [-0.2, -0.15) is 10.2 Å². The Morgan fingerprint density at radius 3 is 2.52 bits per heavy atom. The molecule has 5 heteroatoms. The van der Waals surface area contributed by atoms with E-state index in [2.05, 4.69) is 41.0 Å². The second-order valence-electron chi connectivity index (χ2n) is 6.41. The number of allylic oxidation sites excluding steroid dienone is 2. The predicted octanol–water partition coefficient (Wildman–Crippen LogP) is 5.38. The SMILES string of the molecule is CCc1c(C2N=NC(C)C2C)[nH]c2cncc(C(C)=C(C)F)c12. The summed E-state index contributed by atoms with van der Waals surface area (Å²) in [4.78, 5) is 7.76. The highest BCUT2D eigenvalue weighted by atomic mass is 19.1. The molecule has 0 aliphatic carbocycles. The molecule has 1 aliphatic rings. The number of azo groups is 1. The predicted molar refractivity (Wildman–Crippen MR) is 91.1 cm³/mol.